The molecule has 8 nitrogen and oxygen atoms in total. The van der Waals surface area contributed by atoms with Gasteiger partial charge >= 0.3 is 0 Å². The minimum absolute atomic E-state index is 0.0628. The topological polar surface area (TPSA) is 88.9 Å². The van der Waals surface area contributed by atoms with Crippen LogP contribution < -0.4 is 5.56 Å². The third-order valence-corrected chi connectivity index (χ3v) is 7.37. The summed E-state index contributed by atoms with van der Waals surface area (Å²) >= 11 is 6.19. The van der Waals surface area contributed by atoms with E-state index in [0.717, 1.165) is 47.0 Å². The van der Waals surface area contributed by atoms with Crippen molar-refractivity contribution in [3.8, 4) is 0 Å². The number of fused-ring (bicyclic) bond motifs is 1. The Morgan fingerprint density at radius 2 is 1.95 bits per heavy atom. The van der Waals surface area contributed by atoms with Gasteiger partial charge in [-0.1, -0.05) is 35.4 Å². The number of tetrazole rings is 1. The lowest BCUT2D eigenvalue weighted by Crippen LogP contribution is -2.40. The molecule has 1 aliphatic rings. The molecule has 9 heteroatoms. The van der Waals surface area contributed by atoms with E-state index in [1.54, 1.807) is 0 Å². The van der Waals surface area contributed by atoms with Gasteiger partial charge in [-0.2, -0.15) is 0 Å². The van der Waals surface area contributed by atoms with Crippen molar-refractivity contribution >= 4 is 22.5 Å². The Morgan fingerprint density at radius 1 is 1.18 bits per heavy atom. The van der Waals surface area contributed by atoms with Crippen molar-refractivity contribution in [3.63, 3.8) is 0 Å². The third-order valence-electron chi connectivity index (χ3n) is 7.12. The average Bonchev–Trinajstić information content (AvgIpc) is 3.54. The number of hydrogen-bond donors (Lipinski definition) is 1. The molecule has 0 amide bonds. The van der Waals surface area contributed by atoms with Gasteiger partial charge in [0.1, 0.15) is 6.04 Å². The largest absolute Gasteiger partial charge is 0.377 e. The van der Waals surface area contributed by atoms with E-state index in [-0.39, 0.29) is 17.2 Å². The fraction of sp³-hybridized carbons (Fsp3) is 0.448. The van der Waals surface area contributed by atoms with Crippen LogP contribution in [0.3, 0.4) is 0 Å². The molecule has 4 aromatic rings. The molecular weight excluding hydrogens is 500 g/mol. The van der Waals surface area contributed by atoms with Gasteiger partial charge in [0.15, 0.2) is 5.82 Å². The van der Waals surface area contributed by atoms with Crippen molar-refractivity contribution in [1.29, 1.82) is 0 Å². The number of pyridine rings is 1. The Kier molecular flexibility index (Phi) is 7.40. The van der Waals surface area contributed by atoms with Crippen LogP contribution in [0.5, 0.6) is 0 Å². The standard InChI is InChI=1S/C29H35ClN6O2/c1-18-13-19(2)25-21(14-18)15-24(28(37)31-25)26(27-32-33-34-36(27)29(3,4)5)35(17-23-7-6-12-38-23)16-20-8-10-22(30)11-9-20/h8-11,13-15,23,26H,6-7,12,16-17H2,1-5H3,(H,31,37). The Labute approximate surface area is 228 Å². The molecule has 2 aromatic heterocycles. The van der Waals surface area contributed by atoms with Gasteiger partial charge in [0.05, 0.1) is 17.2 Å². The van der Waals surface area contributed by atoms with Crippen molar-refractivity contribution in [2.45, 2.75) is 71.7 Å². The number of nitrogens with one attached hydrogen (secondary N) is 1. The highest BCUT2D eigenvalue weighted by Gasteiger charge is 2.35. The summed E-state index contributed by atoms with van der Waals surface area (Å²) in [6.07, 6.45) is 2.06. The van der Waals surface area contributed by atoms with Crippen LogP contribution in [-0.2, 0) is 16.8 Å². The van der Waals surface area contributed by atoms with Crippen LogP contribution in [0.2, 0.25) is 5.02 Å². The van der Waals surface area contributed by atoms with E-state index in [4.69, 9.17) is 16.3 Å². The number of benzene rings is 2. The summed E-state index contributed by atoms with van der Waals surface area (Å²) in [7, 11) is 0. The molecule has 1 fully saturated rings. The molecule has 200 valence electrons. The molecule has 0 spiro atoms. The van der Waals surface area contributed by atoms with Gasteiger partial charge in [-0.15, -0.1) is 5.10 Å². The minimum atomic E-state index is -0.502. The highest BCUT2D eigenvalue weighted by Crippen LogP contribution is 2.32. The number of aryl methyl sites for hydroxylation is 2. The van der Waals surface area contributed by atoms with Gasteiger partial charge in [0, 0.05) is 30.3 Å². The molecule has 1 saturated heterocycles. The number of aromatic amines is 1. The molecule has 38 heavy (non-hydrogen) atoms. The zero-order valence-corrected chi connectivity index (χ0v) is 23.4. The summed E-state index contributed by atoms with van der Waals surface area (Å²) < 4.78 is 7.89. The van der Waals surface area contributed by atoms with E-state index in [1.807, 2.05) is 41.9 Å². The van der Waals surface area contributed by atoms with Crippen LogP contribution in [-0.4, -0.2) is 49.3 Å². The summed E-state index contributed by atoms with van der Waals surface area (Å²) in [5, 5.41) is 14.6. The molecule has 0 saturated carbocycles. The number of hydrogen-bond acceptors (Lipinski definition) is 6. The number of ether oxygens (including phenoxy) is 1. The maximum Gasteiger partial charge on any atom is 0.253 e. The SMILES string of the molecule is Cc1cc(C)c2[nH]c(=O)c(C(c3nnnn3C(C)(C)C)N(Cc3ccc(Cl)cc3)CC3CCCO3)cc2c1. The van der Waals surface area contributed by atoms with Crippen molar-refractivity contribution in [3.05, 3.63) is 85.9 Å². The second kappa shape index (κ2) is 10.6. The Bertz CT molecular complexity index is 1480. The summed E-state index contributed by atoms with van der Waals surface area (Å²) in [6, 6.07) is 13.5. The predicted octanol–water partition coefficient (Wildman–Crippen LogP) is 5.31. The van der Waals surface area contributed by atoms with E-state index in [9.17, 15) is 4.79 Å². The molecule has 5 rings (SSSR count). The van der Waals surface area contributed by atoms with E-state index in [1.165, 1.54) is 0 Å². The van der Waals surface area contributed by atoms with Gasteiger partial charge in [0.2, 0.25) is 0 Å². The van der Waals surface area contributed by atoms with Crippen molar-refractivity contribution in [2.24, 2.45) is 0 Å². The second-order valence-electron chi connectivity index (χ2n) is 11.3. The molecule has 2 unspecified atom stereocenters. The van der Waals surface area contributed by atoms with Crippen LogP contribution >= 0.6 is 11.6 Å². The average molecular weight is 535 g/mol. The molecular formula is C29H35ClN6O2. The van der Waals surface area contributed by atoms with E-state index in [0.29, 0.717) is 29.5 Å². The number of nitrogens with zero attached hydrogens (tertiary/aromatic N) is 5. The highest BCUT2D eigenvalue weighted by atomic mass is 35.5. The monoisotopic (exact) mass is 534 g/mol. The number of rotatable bonds is 7. The minimum Gasteiger partial charge on any atom is -0.377 e. The Balaban J connectivity index is 1.71. The first kappa shape index (κ1) is 26.5. The lowest BCUT2D eigenvalue weighted by molar-refractivity contribution is 0.0564. The van der Waals surface area contributed by atoms with E-state index >= 15 is 0 Å². The van der Waals surface area contributed by atoms with E-state index < -0.39 is 6.04 Å². The Hall–Kier alpha value is -3.07. The first-order chi connectivity index (χ1) is 18.1. The fourth-order valence-electron chi connectivity index (χ4n) is 5.38. The molecule has 2 atom stereocenters. The lowest BCUT2D eigenvalue weighted by atomic mass is 9.98. The van der Waals surface area contributed by atoms with E-state index in [2.05, 4.69) is 65.2 Å². The zero-order valence-electron chi connectivity index (χ0n) is 22.7. The normalized spacial score (nSPS) is 17.0. The molecule has 1 N–H and O–H groups in total. The van der Waals surface area contributed by atoms with Gasteiger partial charge in [0.25, 0.3) is 5.56 Å². The fourth-order valence-corrected chi connectivity index (χ4v) is 5.51. The summed E-state index contributed by atoms with van der Waals surface area (Å²) in [5.41, 5.74) is 4.18. The highest BCUT2D eigenvalue weighted by molar-refractivity contribution is 6.30. The number of halogens is 1. The zero-order chi connectivity index (χ0) is 27.0. The molecule has 2 aromatic carbocycles. The summed E-state index contributed by atoms with van der Waals surface area (Å²) in [5.74, 6) is 0.624. The smallest absolute Gasteiger partial charge is 0.253 e. The molecule has 0 aliphatic carbocycles. The van der Waals surface area contributed by atoms with Gasteiger partial charge < -0.3 is 9.72 Å². The van der Waals surface area contributed by atoms with Crippen LogP contribution in [0.15, 0.2) is 47.3 Å². The predicted molar refractivity (Wildman–Crippen MR) is 150 cm³/mol. The molecule has 0 bridgehead atoms. The lowest BCUT2D eigenvalue weighted by Gasteiger charge is -2.34. The van der Waals surface area contributed by atoms with Crippen LogP contribution in [0.4, 0.5) is 0 Å². The molecule has 3 heterocycles. The van der Waals surface area contributed by atoms with Gasteiger partial charge in [-0.25, -0.2) is 4.68 Å². The van der Waals surface area contributed by atoms with Gasteiger partial charge in [-0.3, -0.25) is 9.69 Å². The Morgan fingerprint density at radius 3 is 2.63 bits per heavy atom. The summed E-state index contributed by atoms with van der Waals surface area (Å²) in [4.78, 5) is 19.2. The second-order valence-corrected chi connectivity index (χ2v) is 11.7. The molecule has 1 aliphatic heterocycles. The van der Waals surface area contributed by atoms with Crippen LogP contribution in [0, 0.1) is 13.8 Å². The van der Waals surface area contributed by atoms with Crippen molar-refractivity contribution in [2.75, 3.05) is 13.2 Å². The third kappa shape index (κ3) is 5.53. The quantitative estimate of drug-likeness (QED) is 0.345. The number of H-pyrrole nitrogens is 1. The van der Waals surface area contributed by atoms with Crippen molar-refractivity contribution < 1.29 is 4.74 Å². The number of aromatic nitrogens is 5. The maximum absolute atomic E-state index is 13.8. The summed E-state index contributed by atoms with van der Waals surface area (Å²) in [6.45, 7) is 12.2. The maximum atomic E-state index is 13.8. The van der Waals surface area contributed by atoms with Gasteiger partial charge in [-0.05, 0) is 98.7 Å². The van der Waals surface area contributed by atoms with Crippen LogP contribution in [0.1, 0.15) is 67.7 Å². The van der Waals surface area contributed by atoms with Crippen LogP contribution in [0.25, 0.3) is 10.9 Å². The van der Waals surface area contributed by atoms with Crippen molar-refractivity contribution in [1.82, 2.24) is 30.1 Å². The molecule has 0 radical (unpaired) electrons. The first-order valence-electron chi connectivity index (χ1n) is 13.1. The first-order valence-corrected chi connectivity index (χ1v) is 13.5.